The maximum absolute atomic E-state index is 12.7. The molecule has 168 valence electrons. The summed E-state index contributed by atoms with van der Waals surface area (Å²) in [6, 6.07) is 15.8. The van der Waals surface area contributed by atoms with Gasteiger partial charge in [-0.2, -0.15) is 4.98 Å². The van der Waals surface area contributed by atoms with Gasteiger partial charge in [-0.05, 0) is 25.3 Å². The zero-order chi connectivity index (χ0) is 23.1. The summed E-state index contributed by atoms with van der Waals surface area (Å²) < 4.78 is 10.6. The highest BCUT2D eigenvalue weighted by atomic mass is 16.5. The van der Waals surface area contributed by atoms with Crippen LogP contribution in [-0.4, -0.2) is 28.2 Å². The predicted octanol–water partition coefficient (Wildman–Crippen LogP) is 4.17. The first-order chi connectivity index (χ1) is 15.3. The van der Waals surface area contributed by atoms with Crippen LogP contribution in [0.3, 0.4) is 0 Å². The monoisotopic (exact) mass is 436 g/mol. The van der Waals surface area contributed by atoms with Crippen molar-refractivity contribution >= 4 is 12.0 Å². The molecule has 32 heavy (non-hydrogen) atoms. The van der Waals surface area contributed by atoms with Crippen molar-refractivity contribution in [3.63, 3.8) is 0 Å². The molecule has 0 saturated heterocycles. The van der Waals surface area contributed by atoms with Crippen molar-refractivity contribution in [3.05, 3.63) is 71.6 Å². The standard InChI is InChI=1S/C24H28N4O4/c1-15(2)20(23-27-21(28-32-23)19-12-10-16(3)11-13-19)26-22(29)17(4)25-24(30)31-14-18-8-6-5-7-9-18/h5-13,15,17,20H,14H2,1-4H3,(H,25,30)(H,26,29)/t17-,20-/m0/s1. The van der Waals surface area contributed by atoms with Crippen LogP contribution in [0, 0.1) is 12.8 Å². The maximum Gasteiger partial charge on any atom is 0.408 e. The maximum atomic E-state index is 12.7. The van der Waals surface area contributed by atoms with E-state index in [1.165, 1.54) is 0 Å². The van der Waals surface area contributed by atoms with Gasteiger partial charge < -0.3 is 19.9 Å². The van der Waals surface area contributed by atoms with Gasteiger partial charge in [0.2, 0.25) is 17.6 Å². The quantitative estimate of drug-likeness (QED) is 0.549. The minimum atomic E-state index is -0.806. The van der Waals surface area contributed by atoms with Gasteiger partial charge in [-0.3, -0.25) is 4.79 Å². The molecule has 1 heterocycles. The first-order valence-corrected chi connectivity index (χ1v) is 10.5. The average molecular weight is 437 g/mol. The third kappa shape index (κ3) is 6.16. The number of ether oxygens (including phenoxy) is 1. The Morgan fingerprint density at radius 3 is 2.34 bits per heavy atom. The summed E-state index contributed by atoms with van der Waals surface area (Å²) in [7, 11) is 0. The molecule has 2 aromatic carbocycles. The SMILES string of the molecule is Cc1ccc(-c2noc([C@@H](NC(=O)[C@H](C)NC(=O)OCc3ccccc3)C(C)C)n2)cc1. The summed E-state index contributed by atoms with van der Waals surface area (Å²) >= 11 is 0. The second-order valence-electron chi connectivity index (χ2n) is 7.98. The number of carbonyl (C=O) groups is 2. The molecule has 0 fully saturated rings. The van der Waals surface area contributed by atoms with Crippen molar-refractivity contribution in [1.29, 1.82) is 0 Å². The molecule has 0 bridgehead atoms. The fourth-order valence-electron chi connectivity index (χ4n) is 2.98. The van der Waals surface area contributed by atoms with Crippen molar-refractivity contribution in [2.24, 2.45) is 5.92 Å². The zero-order valence-electron chi connectivity index (χ0n) is 18.7. The topological polar surface area (TPSA) is 106 Å². The van der Waals surface area contributed by atoms with Crippen LogP contribution in [0.15, 0.2) is 59.1 Å². The number of aromatic nitrogens is 2. The lowest BCUT2D eigenvalue weighted by molar-refractivity contribution is -0.124. The van der Waals surface area contributed by atoms with E-state index in [0.29, 0.717) is 11.7 Å². The molecule has 2 amide bonds. The normalized spacial score (nSPS) is 12.8. The van der Waals surface area contributed by atoms with E-state index in [9.17, 15) is 9.59 Å². The Morgan fingerprint density at radius 2 is 1.69 bits per heavy atom. The smallest absolute Gasteiger partial charge is 0.408 e. The molecule has 1 aromatic heterocycles. The number of hydrogen-bond acceptors (Lipinski definition) is 6. The van der Waals surface area contributed by atoms with Crippen molar-refractivity contribution in [1.82, 2.24) is 20.8 Å². The number of hydrogen-bond donors (Lipinski definition) is 2. The summed E-state index contributed by atoms with van der Waals surface area (Å²) in [6.07, 6.45) is -0.669. The average Bonchev–Trinajstić information content (AvgIpc) is 3.26. The van der Waals surface area contributed by atoms with Gasteiger partial charge in [-0.1, -0.05) is 79.2 Å². The van der Waals surface area contributed by atoms with Crippen LogP contribution in [0.2, 0.25) is 0 Å². The zero-order valence-corrected chi connectivity index (χ0v) is 18.7. The number of alkyl carbamates (subject to hydrolysis) is 1. The van der Waals surface area contributed by atoms with Gasteiger partial charge in [-0.25, -0.2) is 4.79 Å². The Labute approximate surface area is 187 Å². The van der Waals surface area contributed by atoms with Crippen LogP contribution < -0.4 is 10.6 Å². The van der Waals surface area contributed by atoms with Gasteiger partial charge >= 0.3 is 6.09 Å². The Bertz CT molecular complexity index is 1030. The van der Waals surface area contributed by atoms with Gasteiger partial charge in [0.05, 0.1) is 0 Å². The first-order valence-electron chi connectivity index (χ1n) is 10.5. The van der Waals surface area contributed by atoms with Gasteiger partial charge in [0.15, 0.2) is 0 Å². The summed E-state index contributed by atoms with van der Waals surface area (Å²) in [5, 5.41) is 9.47. The molecule has 2 N–H and O–H groups in total. The molecule has 0 aliphatic carbocycles. The predicted molar refractivity (Wildman–Crippen MR) is 119 cm³/mol. The Balaban J connectivity index is 1.58. The first kappa shape index (κ1) is 23.0. The molecule has 3 aromatic rings. The van der Waals surface area contributed by atoms with E-state index in [-0.39, 0.29) is 18.4 Å². The van der Waals surface area contributed by atoms with Crippen LogP contribution in [0.25, 0.3) is 11.4 Å². The largest absolute Gasteiger partial charge is 0.445 e. The summed E-state index contributed by atoms with van der Waals surface area (Å²) in [4.78, 5) is 29.2. The molecule has 0 radical (unpaired) electrons. The molecule has 0 unspecified atom stereocenters. The van der Waals surface area contributed by atoms with Crippen LogP contribution in [-0.2, 0) is 16.1 Å². The number of nitrogens with one attached hydrogen (secondary N) is 2. The molecule has 0 aliphatic heterocycles. The van der Waals surface area contributed by atoms with Crippen LogP contribution in [0.1, 0.15) is 43.8 Å². The number of carbonyl (C=O) groups excluding carboxylic acids is 2. The number of benzene rings is 2. The third-order valence-electron chi connectivity index (χ3n) is 4.92. The lowest BCUT2D eigenvalue weighted by Gasteiger charge is -2.21. The van der Waals surface area contributed by atoms with E-state index in [1.807, 2.05) is 75.4 Å². The number of aryl methyl sites for hydroxylation is 1. The van der Waals surface area contributed by atoms with Crippen LogP contribution in [0.5, 0.6) is 0 Å². The van der Waals surface area contributed by atoms with E-state index in [1.54, 1.807) is 6.92 Å². The van der Waals surface area contributed by atoms with Crippen LogP contribution in [0.4, 0.5) is 4.79 Å². The number of rotatable bonds is 8. The Morgan fingerprint density at radius 1 is 1.00 bits per heavy atom. The summed E-state index contributed by atoms with van der Waals surface area (Å²) in [5.41, 5.74) is 2.82. The number of amides is 2. The Hall–Kier alpha value is -3.68. The molecule has 8 nitrogen and oxygen atoms in total. The van der Waals surface area contributed by atoms with Gasteiger partial charge in [0, 0.05) is 5.56 Å². The van der Waals surface area contributed by atoms with Gasteiger partial charge in [0.25, 0.3) is 0 Å². The summed E-state index contributed by atoms with van der Waals surface area (Å²) in [6.45, 7) is 7.59. The van der Waals surface area contributed by atoms with Crippen LogP contribution >= 0.6 is 0 Å². The lowest BCUT2D eigenvalue weighted by Crippen LogP contribution is -2.46. The summed E-state index contributed by atoms with van der Waals surface area (Å²) in [5.74, 6) is 0.372. The molecule has 0 aliphatic rings. The molecule has 2 atom stereocenters. The van der Waals surface area contributed by atoms with E-state index in [2.05, 4.69) is 20.8 Å². The minimum absolute atomic E-state index is 0.0116. The fourth-order valence-corrected chi connectivity index (χ4v) is 2.98. The highest BCUT2D eigenvalue weighted by Gasteiger charge is 2.27. The number of nitrogens with zero attached hydrogens (tertiary/aromatic N) is 2. The third-order valence-corrected chi connectivity index (χ3v) is 4.92. The molecule has 0 saturated carbocycles. The van der Waals surface area contributed by atoms with Crippen molar-refractivity contribution in [2.45, 2.75) is 46.4 Å². The van der Waals surface area contributed by atoms with Crippen molar-refractivity contribution in [2.75, 3.05) is 0 Å². The van der Waals surface area contributed by atoms with Crippen molar-refractivity contribution in [3.8, 4) is 11.4 Å². The molecule has 0 spiro atoms. The van der Waals surface area contributed by atoms with Gasteiger partial charge in [-0.15, -0.1) is 0 Å². The Kier molecular flexibility index (Phi) is 7.59. The molecule has 3 rings (SSSR count). The van der Waals surface area contributed by atoms with E-state index in [4.69, 9.17) is 9.26 Å². The van der Waals surface area contributed by atoms with E-state index < -0.39 is 18.2 Å². The molecular formula is C24H28N4O4. The lowest BCUT2D eigenvalue weighted by atomic mass is 10.0. The van der Waals surface area contributed by atoms with Crippen molar-refractivity contribution < 1.29 is 18.8 Å². The van der Waals surface area contributed by atoms with Gasteiger partial charge in [0.1, 0.15) is 18.7 Å². The second-order valence-corrected chi connectivity index (χ2v) is 7.98. The van der Waals surface area contributed by atoms with E-state index >= 15 is 0 Å². The highest BCUT2D eigenvalue weighted by Crippen LogP contribution is 2.24. The minimum Gasteiger partial charge on any atom is -0.445 e. The fraction of sp³-hybridized carbons (Fsp3) is 0.333. The molecule has 8 heteroatoms. The van der Waals surface area contributed by atoms with E-state index in [0.717, 1.165) is 16.7 Å². The highest BCUT2D eigenvalue weighted by molar-refractivity contribution is 5.85. The molecular weight excluding hydrogens is 408 g/mol. The second kappa shape index (κ2) is 10.6.